The zero-order valence-electron chi connectivity index (χ0n) is 15.4. The lowest BCUT2D eigenvalue weighted by molar-refractivity contribution is 0.964. The van der Waals surface area contributed by atoms with Gasteiger partial charge in [-0.2, -0.15) is 0 Å². The molecule has 2 heterocycles. The van der Waals surface area contributed by atoms with Crippen LogP contribution in [0.25, 0.3) is 0 Å². The molecule has 3 heteroatoms. The fourth-order valence-corrected chi connectivity index (χ4v) is 3.63. The van der Waals surface area contributed by atoms with Gasteiger partial charge in [0.15, 0.2) is 0 Å². The molecule has 0 amide bonds. The predicted octanol–water partition coefficient (Wildman–Crippen LogP) is 5.34. The molecule has 0 saturated carbocycles. The van der Waals surface area contributed by atoms with Crippen molar-refractivity contribution in [3.05, 3.63) is 95.1 Å². The van der Waals surface area contributed by atoms with E-state index in [1.807, 2.05) is 12.3 Å². The topological polar surface area (TPSA) is 28.5 Å². The summed E-state index contributed by atoms with van der Waals surface area (Å²) < 4.78 is 0. The van der Waals surface area contributed by atoms with Crippen LogP contribution in [0.1, 0.15) is 36.5 Å². The number of benzene rings is 1. The van der Waals surface area contributed by atoms with E-state index in [0.717, 1.165) is 53.3 Å². The molecule has 0 radical (unpaired) electrons. The van der Waals surface area contributed by atoms with Crippen LogP contribution in [-0.4, -0.2) is 10.8 Å². The molecule has 26 heavy (non-hydrogen) atoms. The van der Waals surface area contributed by atoms with E-state index in [2.05, 4.69) is 66.7 Å². The van der Waals surface area contributed by atoms with Crippen molar-refractivity contribution in [2.75, 3.05) is 4.90 Å². The van der Waals surface area contributed by atoms with Crippen LogP contribution < -0.4 is 4.90 Å². The summed E-state index contributed by atoms with van der Waals surface area (Å²) in [6, 6.07) is 10.6. The van der Waals surface area contributed by atoms with Crippen molar-refractivity contribution in [1.29, 1.82) is 0 Å². The van der Waals surface area contributed by atoms with Crippen LogP contribution in [0.5, 0.6) is 0 Å². The van der Waals surface area contributed by atoms with Crippen molar-refractivity contribution in [3.8, 4) is 0 Å². The fraction of sp³-hybridized carbons (Fsp3) is 0.217. The Hall–Kier alpha value is -2.94. The third-order valence-corrected chi connectivity index (χ3v) is 5.03. The zero-order chi connectivity index (χ0) is 18.1. The first-order valence-electron chi connectivity index (χ1n) is 9.17. The van der Waals surface area contributed by atoms with E-state index in [-0.39, 0.29) is 0 Å². The van der Waals surface area contributed by atoms with Crippen molar-refractivity contribution in [1.82, 2.24) is 4.98 Å². The Labute approximate surface area is 155 Å². The highest BCUT2D eigenvalue weighted by Crippen LogP contribution is 2.37. The molecule has 1 aliphatic heterocycles. The van der Waals surface area contributed by atoms with Gasteiger partial charge in [0, 0.05) is 34.9 Å². The largest absolute Gasteiger partial charge is 0.294 e. The van der Waals surface area contributed by atoms with Crippen LogP contribution in [0.2, 0.25) is 0 Å². The third-order valence-electron chi connectivity index (χ3n) is 5.03. The van der Waals surface area contributed by atoms with Gasteiger partial charge < -0.3 is 0 Å². The van der Waals surface area contributed by atoms with Crippen LogP contribution in [0.15, 0.2) is 83.4 Å². The molecule has 0 fully saturated rings. The Balaban J connectivity index is 1.89. The van der Waals surface area contributed by atoms with Crippen molar-refractivity contribution in [3.63, 3.8) is 0 Å². The number of aliphatic imine (C=N–C) groups is 1. The maximum atomic E-state index is 4.99. The lowest BCUT2D eigenvalue weighted by Gasteiger charge is -2.35. The molecule has 2 aliphatic rings. The van der Waals surface area contributed by atoms with Crippen molar-refractivity contribution in [2.24, 2.45) is 4.99 Å². The quantitative estimate of drug-likeness (QED) is 0.754. The molecule has 2 aromatic rings. The number of pyridine rings is 1. The van der Waals surface area contributed by atoms with E-state index >= 15 is 0 Å². The minimum Gasteiger partial charge on any atom is -0.294 e. The summed E-state index contributed by atoms with van der Waals surface area (Å²) in [5, 5.41) is 0. The Morgan fingerprint density at radius 2 is 2.00 bits per heavy atom. The normalized spacial score (nSPS) is 16.6. The van der Waals surface area contributed by atoms with Gasteiger partial charge >= 0.3 is 0 Å². The molecule has 4 rings (SSSR count). The monoisotopic (exact) mass is 341 g/mol. The average molecular weight is 341 g/mol. The van der Waals surface area contributed by atoms with Gasteiger partial charge in [0.25, 0.3) is 0 Å². The number of aryl methyl sites for hydroxylation is 2. The molecule has 1 aromatic heterocycles. The smallest absolute Gasteiger partial charge is 0.147 e. The number of allylic oxidation sites excluding steroid dienone is 2. The van der Waals surface area contributed by atoms with Gasteiger partial charge in [-0.1, -0.05) is 31.7 Å². The minimum atomic E-state index is 0.886. The summed E-state index contributed by atoms with van der Waals surface area (Å²) in [5.74, 6) is 0.886. The Morgan fingerprint density at radius 3 is 2.73 bits per heavy atom. The van der Waals surface area contributed by atoms with Crippen LogP contribution in [0, 0.1) is 6.92 Å². The standard InChI is InChI=1S/C23H23N3/c1-4-18-11-12-20(14-16(18)2)26-17(3)21-9-5-6-10-22(21)25-23(26)19-8-7-13-24-15-19/h7-15H,3-6H2,1-2H3. The molecule has 0 atom stereocenters. The van der Waals surface area contributed by atoms with E-state index in [1.165, 1.54) is 11.1 Å². The van der Waals surface area contributed by atoms with Gasteiger partial charge in [-0.05, 0) is 61.6 Å². The van der Waals surface area contributed by atoms with E-state index in [4.69, 9.17) is 4.99 Å². The number of nitrogens with zero attached hydrogens (tertiary/aromatic N) is 3. The van der Waals surface area contributed by atoms with E-state index in [1.54, 1.807) is 6.20 Å². The van der Waals surface area contributed by atoms with Crippen LogP contribution in [-0.2, 0) is 6.42 Å². The van der Waals surface area contributed by atoms with Gasteiger partial charge in [-0.25, -0.2) is 4.99 Å². The lowest BCUT2D eigenvalue weighted by Crippen LogP contribution is -2.35. The maximum absolute atomic E-state index is 4.99. The van der Waals surface area contributed by atoms with E-state index in [0.29, 0.717) is 0 Å². The first kappa shape index (κ1) is 16.5. The predicted molar refractivity (Wildman–Crippen MR) is 108 cm³/mol. The molecule has 3 nitrogen and oxygen atoms in total. The highest BCUT2D eigenvalue weighted by molar-refractivity contribution is 6.14. The second-order valence-electron chi connectivity index (χ2n) is 6.71. The van der Waals surface area contributed by atoms with Crippen molar-refractivity contribution < 1.29 is 0 Å². The molecular weight excluding hydrogens is 318 g/mol. The van der Waals surface area contributed by atoms with Gasteiger partial charge in [-0.15, -0.1) is 0 Å². The second kappa shape index (κ2) is 6.75. The summed E-state index contributed by atoms with van der Waals surface area (Å²) in [5.41, 5.74) is 7.90. The SMILES string of the molecule is C=C1C2=CCCC=C2N=C(c2cccnc2)N1c1ccc(CC)c(C)c1. The zero-order valence-corrected chi connectivity index (χ0v) is 15.4. The van der Waals surface area contributed by atoms with E-state index in [9.17, 15) is 0 Å². The Kier molecular flexibility index (Phi) is 4.29. The Morgan fingerprint density at radius 1 is 1.15 bits per heavy atom. The summed E-state index contributed by atoms with van der Waals surface area (Å²) >= 11 is 0. The third kappa shape index (κ3) is 2.80. The number of fused-ring (bicyclic) bond motifs is 1. The summed E-state index contributed by atoms with van der Waals surface area (Å²) in [4.78, 5) is 11.4. The molecule has 1 aromatic carbocycles. The minimum absolute atomic E-state index is 0.886. The molecule has 1 aliphatic carbocycles. The highest BCUT2D eigenvalue weighted by Gasteiger charge is 2.29. The molecule has 130 valence electrons. The van der Waals surface area contributed by atoms with Gasteiger partial charge in [0.05, 0.1) is 5.70 Å². The van der Waals surface area contributed by atoms with Gasteiger partial charge in [0.1, 0.15) is 5.84 Å². The summed E-state index contributed by atoms with van der Waals surface area (Å²) in [7, 11) is 0. The van der Waals surface area contributed by atoms with Crippen molar-refractivity contribution >= 4 is 11.5 Å². The fourth-order valence-electron chi connectivity index (χ4n) is 3.63. The first-order valence-corrected chi connectivity index (χ1v) is 9.17. The lowest BCUT2D eigenvalue weighted by atomic mass is 9.96. The molecule has 0 N–H and O–H groups in total. The summed E-state index contributed by atoms with van der Waals surface area (Å²) in [6.07, 6.45) is 11.2. The van der Waals surface area contributed by atoms with Crippen LogP contribution >= 0.6 is 0 Å². The first-order chi connectivity index (χ1) is 12.7. The summed E-state index contributed by atoms with van der Waals surface area (Å²) in [6.45, 7) is 8.78. The Bertz CT molecular complexity index is 949. The highest BCUT2D eigenvalue weighted by atomic mass is 15.2. The number of hydrogen-bond donors (Lipinski definition) is 0. The van der Waals surface area contributed by atoms with Crippen molar-refractivity contribution in [2.45, 2.75) is 33.1 Å². The van der Waals surface area contributed by atoms with E-state index < -0.39 is 0 Å². The molecular formula is C23H23N3. The van der Waals surface area contributed by atoms with Crippen LogP contribution in [0.3, 0.4) is 0 Å². The molecule has 0 saturated heterocycles. The second-order valence-corrected chi connectivity index (χ2v) is 6.71. The maximum Gasteiger partial charge on any atom is 0.147 e. The number of rotatable bonds is 3. The van der Waals surface area contributed by atoms with Crippen LogP contribution in [0.4, 0.5) is 5.69 Å². The number of anilines is 1. The molecule has 0 spiro atoms. The van der Waals surface area contributed by atoms with Gasteiger partial charge in [-0.3, -0.25) is 9.88 Å². The molecule has 0 unspecified atom stereocenters. The number of aromatic nitrogens is 1. The molecule has 0 bridgehead atoms. The number of amidine groups is 1. The van der Waals surface area contributed by atoms with Gasteiger partial charge in [0.2, 0.25) is 0 Å². The average Bonchev–Trinajstić information content (AvgIpc) is 2.68. The number of hydrogen-bond acceptors (Lipinski definition) is 3.